The molecule has 0 saturated carbocycles. The first-order chi connectivity index (χ1) is 31.0. The van der Waals surface area contributed by atoms with E-state index in [1.807, 2.05) is 0 Å². The summed E-state index contributed by atoms with van der Waals surface area (Å²) in [5, 5.41) is 0. The lowest BCUT2D eigenvalue weighted by atomic mass is 10.0. The van der Waals surface area contributed by atoms with Gasteiger partial charge in [-0.1, -0.05) is 250 Å². The van der Waals surface area contributed by atoms with Crippen molar-refractivity contribution < 1.29 is 28.6 Å². The van der Waals surface area contributed by atoms with E-state index in [9.17, 15) is 14.4 Å². The highest BCUT2D eigenvalue weighted by Gasteiger charge is 2.19. The summed E-state index contributed by atoms with van der Waals surface area (Å²) in [6.07, 6.45) is 61.8. The molecule has 6 nitrogen and oxygen atoms in total. The van der Waals surface area contributed by atoms with Crippen molar-refractivity contribution in [3.05, 3.63) is 36.5 Å². The highest BCUT2D eigenvalue weighted by molar-refractivity contribution is 5.71. The van der Waals surface area contributed by atoms with E-state index in [1.54, 1.807) is 0 Å². The fraction of sp³-hybridized carbons (Fsp3) is 0.842. The molecule has 0 fully saturated rings. The second-order valence-corrected chi connectivity index (χ2v) is 18.5. The molecule has 0 N–H and O–H groups in total. The van der Waals surface area contributed by atoms with Gasteiger partial charge in [0, 0.05) is 19.3 Å². The van der Waals surface area contributed by atoms with E-state index >= 15 is 0 Å². The van der Waals surface area contributed by atoms with Gasteiger partial charge in [-0.25, -0.2) is 0 Å². The van der Waals surface area contributed by atoms with Crippen molar-refractivity contribution in [3.8, 4) is 0 Å². The molecule has 0 heterocycles. The number of allylic oxidation sites excluding steroid dienone is 6. The minimum Gasteiger partial charge on any atom is -0.462 e. The van der Waals surface area contributed by atoms with Gasteiger partial charge in [0.1, 0.15) is 13.2 Å². The average Bonchev–Trinajstić information content (AvgIpc) is 3.28. The molecule has 0 aromatic carbocycles. The molecule has 0 amide bonds. The quantitative estimate of drug-likeness (QED) is 0.0262. The molecule has 0 aliphatic rings. The van der Waals surface area contributed by atoms with Crippen molar-refractivity contribution in [2.24, 2.45) is 0 Å². The number of ether oxygens (including phenoxy) is 3. The summed E-state index contributed by atoms with van der Waals surface area (Å²) in [6, 6.07) is 0. The topological polar surface area (TPSA) is 78.9 Å². The fourth-order valence-electron chi connectivity index (χ4n) is 7.98. The van der Waals surface area contributed by atoms with Crippen molar-refractivity contribution in [2.75, 3.05) is 13.2 Å². The minimum atomic E-state index is -0.763. The van der Waals surface area contributed by atoms with Crippen LogP contribution in [-0.4, -0.2) is 37.2 Å². The number of hydrogen-bond donors (Lipinski definition) is 0. The van der Waals surface area contributed by atoms with Crippen LogP contribution in [0.5, 0.6) is 0 Å². The second kappa shape index (κ2) is 52.3. The van der Waals surface area contributed by atoms with Gasteiger partial charge in [0.15, 0.2) is 6.10 Å². The van der Waals surface area contributed by atoms with E-state index < -0.39 is 6.10 Å². The third-order valence-corrected chi connectivity index (χ3v) is 12.1. The van der Waals surface area contributed by atoms with Gasteiger partial charge in [-0.2, -0.15) is 0 Å². The van der Waals surface area contributed by atoms with E-state index in [4.69, 9.17) is 14.2 Å². The van der Waals surface area contributed by atoms with Crippen molar-refractivity contribution in [1.82, 2.24) is 0 Å². The molecular weight excluding hydrogens is 781 g/mol. The molecule has 63 heavy (non-hydrogen) atoms. The third kappa shape index (κ3) is 50.5. The number of carbonyl (C=O) groups is 3. The zero-order valence-corrected chi connectivity index (χ0v) is 42.1. The average molecular weight is 885 g/mol. The molecule has 0 aromatic heterocycles. The molecule has 0 bridgehead atoms. The Kier molecular flexibility index (Phi) is 50.3. The Balaban J connectivity index is 3.96. The van der Waals surface area contributed by atoms with Crippen LogP contribution < -0.4 is 0 Å². The Labute approximate surface area is 391 Å². The van der Waals surface area contributed by atoms with Crippen LogP contribution in [0, 0.1) is 0 Å². The fourth-order valence-corrected chi connectivity index (χ4v) is 7.98. The smallest absolute Gasteiger partial charge is 0.306 e. The van der Waals surface area contributed by atoms with E-state index in [2.05, 4.69) is 57.2 Å². The van der Waals surface area contributed by atoms with Gasteiger partial charge in [-0.3, -0.25) is 14.4 Å². The summed E-state index contributed by atoms with van der Waals surface area (Å²) in [6.45, 7) is 6.57. The monoisotopic (exact) mass is 885 g/mol. The second-order valence-electron chi connectivity index (χ2n) is 18.5. The Bertz CT molecular complexity index is 1060. The maximum Gasteiger partial charge on any atom is 0.306 e. The van der Waals surface area contributed by atoms with Crippen molar-refractivity contribution >= 4 is 17.9 Å². The maximum absolute atomic E-state index is 12.7. The van der Waals surface area contributed by atoms with E-state index in [-0.39, 0.29) is 31.1 Å². The molecule has 0 aliphatic carbocycles. The maximum atomic E-state index is 12.7. The zero-order valence-electron chi connectivity index (χ0n) is 42.1. The van der Waals surface area contributed by atoms with Crippen molar-refractivity contribution in [1.29, 1.82) is 0 Å². The van der Waals surface area contributed by atoms with Crippen LogP contribution in [0.15, 0.2) is 36.5 Å². The lowest BCUT2D eigenvalue weighted by Gasteiger charge is -2.18. The molecule has 0 spiro atoms. The van der Waals surface area contributed by atoms with Gasteiger partial charge >= 0.3 is 17.9 Å². The first-order valence-electron chi connectivity index (χ1n) is 27.5. The predicted molar refractivity (Wildman–Crippen MR) is 270 cm³/mol. The number of rotatable bonds is 50. The normalized spacial score (nSPS) is 12.2. The number of carbonyl (C=O) groups excluding carboxylic acids is 3. The predicted octanol–water partition coefficient (Wildman–Crippen LogP) is 18.1. The molecule has 6 heteroatoms. The van der Waals surface area contributed by atoms with Crippen LogP contribution in [0.25, 0.3) is 0 Å². The summed E-state index contributed by atoms with van der Waals surface area (Å²) in [5.74, 6) is -0.871. The summed E-state index contributed by atoms with van der Waals surface area (Å²) in [4.78, 5) is 37.6. The first-order valence-corrected chi connectivity index (χ1v) is 27.5. The molecule has 368 valence electrons. The lowest BCUT2D eigenvalue weighted by Crippen LogP contribution is -2.30. The molecule has 0 rings (SSSR count). The van der Waals surface area contributed by atoms with Gasteiger partial charge in [0.05, 0.1) is 0 Å². The summed E-state index contributed by atoms with van der Waals surface area (Å²) in [7, 11) is 0. The molecule has 1 atom stereocenters. The van der Waals surface area contributed by atoms with Crippen LogP contribution in [0.1, 0.15) is 290 Å². The van der Waals surface area contributed by atoms with E-state index in [0.29, 0.717) is 19.3 Å². The number of esters is 3. The molecule has 0 aromatic rings. The van der Waals surface area contributed by atoms with Gasteiger partial charge in [0.25, 0.3) is 0 Å². The van der Waals surface area contributed by atoms with Crippen LogP contribution >= 0.6 is 0 Å². The minimum absolute atomic E-state index is 0.0687. The number of hydrogen-bond acceptors (Lipinski definition) is 6. The highest BCUT2D eigenvalue weighted by Crippen LogP contribution is 2.16. The largest absolute Gasteiger partial charge is 0.462 e. The summed E-state index contributed by atoms with van der Waals surface area (Å²) in [5.41, 5.74) is 0. The van der Waals surface area contributed by atoms with Gasteiger partial charge in [0.2, 0.25) is 0 Å². The van der Waals surface area contributed by atoms with Gasteiger partial charge in [-0.15, -0.1) is 0 Å². The molecule has 0 aliphatic heterocycles. The Morgan fingerprint density at radius 1 is 0.317 bits per heavy atom. The van der Waals surface area contributed by atoms with Crippen molar-refractivity contribution in [3.63, 3.8) is 0 Å². The molecule has 0 radical (unpaired) electrons. The number of unbranched alkanes of at least 4 members (excludes halogenated alkanes) is 33. The first kappa shape index (κ1) is 60.6. The van der Waals surface area contributed by atoms with Gasteiger partial charge in [-0.05, 0) is 57.8 Å². The Morgan fingerprint density at radius 2 is 0.571 bits per heavy atom. The van der Waals surface area contributed by atoms with Crippen LogP contribution in [0.2, 0.25) is 0 Å². The highest BCUT2D eigenvalue weighted by atomic mass is 16.6. The lowest BCUT2D eigenvalue weighted by molar-refractivity contribution is -0.167. The van der Waals surface area contributed by atoms with Crippen LogP contribution in [0.3, 0.4) is 0 Å². The summed E-state index contributed by atoms with van der Waals surface area (Å²) < 4.78 is 16.7. The molecule has 0 saturated heterocycles. The van der Waals surface area contributed by atoms with Crippen LogP contribution in [0.4, 0.5) is 0 Å². The summed E-state index contributed by atoms with van der Waals surface area (Å²) >= 11 is 0. The Hall–Kier alpha value is -2.37. The van der Waals surface area contributed by atoms with Crippen molar-refractivity contribution in [2.45, 2.75) is 297 Å². The van der Waals surface area contributed by atoms with Gasteiger partial charge < -0.3 is 14.2 Å². The third-order valence-electron chi connectivity index (χ3n) is 12.1. The zero-order chi connectivity index (χ0) is 45.8. The molecule has 1 unspecified atom stereocenters. The van der Waals surface area contributed by atoms with E-state index in [0.717, 1.165) is 70.6 Å². The standard InChI is InChI=1S/C57H104O6/c1-4-7-10-13-16-18-20-21-22-23-24-25-26-27-28-29-30-31-32-33-34-35-36-37-38-40-41-44-47-50-56(59)62-53-54(52-61-55(58)49-46-43-15-12-9-6-3)63-57(60)51-48-45-42-39-19-17-14-11-8-5-2/h20-21,23-24,26-27,54H,4-19,22,25,28-53H2,1-3H3/b21-20-,24-23-,27-26-. The SMILES string of the molecule is CCCCCCC/C=C\C/C=C\C/C=C\CCCCCCCCCCCCCCCCC(=O)OCC(COC(=O)CCCCCCCC)OC(=O)CCCCCCCCCCCC. The van der Waals surface area contributed by atoms with Crippen LogP contribution in [-0.2, 0) is 28.6 Å². The van der Waals surface area contributed by atoms with E-state index in [1.165, 1.54) is 180 Å². The Morgan fingerprint density at radius 3 is 0.889 bits per heavy atom. The molecular formula is C57H104O6.